The first-order valence-corrected chi connectivity index (χ1v) is 12.6. The molecule has 2 rings (SSSR count). The van der Waals surface area contributed by atoms with Crippen LogP contribution in [0.1, 0.15) is 66.0 Å². The summed E-state index contributed by atoms with van der Waals surface area (Å²) in [6.45, 7) is 21.8. The van der Waals surface area contributed by atoms with Gasteiger partial charge in [-0.05, 0) is 71.1 Å². The number of piperazine rings is 1. The molecule has 1 saturated heterocycles. The fourth-order valence-corrected chi connectivity index (χ4v) is 4.30. The maximum Gasteiger partial charge on any atom is 0.411 e. The van der Waals surface area contributed by atoms with Gasteiger partial charge in [-0.3, -0.25) is 4.90 Å². The number of hydrogen-bond acceptors (Lipinski definition) is 4. The molecule has 6 nitrogen and oxygen atoms in total. The van der Waals surface area contributed by atoms with Crippen LogP contribution in [-0.2, 0) is 9.47 Å². The quantitative estimate of drug-likeness (QED) is 0.240. The van der Waals surface area contributed by atoms with E-state index < -0.39 is 5.60 Å². The fraction of sp³-hybridized carbons (Fsp3) is 0.571. The lowest BCUT2D eigenvalue weighted by molar-refractivity contribution is 0.00331. The molecular weight excluding hydrogens is 462 g/mol. The second-order valence-electron chi connectivity index (χ2n) is 10.7. The number of allylic oxidation sites excluding steroid dienone is 1. The molecule has 0 saturated carbocycles. The van der Waals surface area contributed by atoms with Crippen LogP contribution in [0.25, 0.3) is 5.70 Å². The lowest BCUT2D eigenvalue weighted by Crippen LogP contribution is -2.57. The molecule has 1 atom stereocenters. The third-order valence-corrected chi connectivity index (χ3v) is 6.34. The molecule has 35 heavy (non-hydrogen) atoms. The number of nitrogens with zero attached hydrogens (tertiary/aromatic N) is 3. The van der Waals surface area contributed by atoms with E-state index in [1.165, 1.54) is 5.57 Å². The summed E-state index contributed by atoms with van der Waals surface area (Å²) in [5.74, 6) is 1.90. The lowest BCUT2D eigenvalue weighted by Gasteiger charge is -2.42. The summed E-state index contributed by atoms with van der Waals surface area (Å²) in [4.78, 5) is 21.8. The van der Waals surface area contributed by atoms with Gasteiger partial charge in [0.25, 0.3) is 0 Å². The molecule has 0 aliphatic carbocycles. The molecular formula is C28H42ClN3O3. The topological polar surface area (TPSA) is 54.4 Å². The average molecular weight is 504 g/mol. The third kappa shape index (κ3) is 8.03. The molecule has 1 aliphatic heterocycles. The monoisotopic (exact) mass is 503 g/mol. The van der Waals surface area contributed by atoms with Crippen molar-refractivity contribution in [2.45, 2.75) is 73.5 Å². The highest BCUT2D eigenvalue weighted by Crippen LogP contribution is 2.29. The van der Waals surface area contributed by atoms with Crippen molar-refractivity contribution in [2.75, 3.05) is 26.7 Å². The van der Waals surface area contributed by atoms with Gasteiger partial charge >= 0.3 is 6.09 Å². The van der Waals surface area contributed by atoms with Crippen molar-refractivity contribution in [2.24, 2.45) is 10.9 Å². The van der Waals surface area contributed by atoms with Gasteiger partial charge in [0.1, 0.15) is 23.2 Å². The van der Waals surface area contributed by atoms with Crippen molar-refractivity contribution in [1.82, 2.24) is 9.80 Å². The number of aryl methyl sites for hydroxylation is 1. The molecule has 0 aromatic heterocycles. The minimum absolute atomic E-state index is 0.341. The van der Waals surface area contributed by atoms with E-state index in [2.05, 4.69) is 38.3 Å². The molecule has 0 bridgehead atoms. The van der Waals surface area contributed by atoms with Crippen molar-refractivity contribution in [1.29, 1.82) is 0 Å². The molecule has 0 N–H and O–H groups in total. The van der Waals surface area contributed by atoms with Gasteiger partial charge < -0.3 is 14.4 Å². The largest absolute Gasteiger partial charge is 0.499 e. The van der Waals surface area contributed by atoms with Crippen LogP contribution in [0, 0.1) is 12.8 Å². The van der Waals surface area contributed by atoms with E-state index in [-0.39, 0.29) is 12.1 Å². The smallest absolute Gasteiger partial charge is 0.411 e. The average Bonchev–Trinajstić information content (AvgIpc) is 2.76. The van der Waals surface area contributed by atoms with Crippen LogP contribution in [0.15, 0.2) is 41.1 Å². The molecule has 0 radical (unpaired) electrons. The number of aliphatic imine (C=N–C) groups is 1. The normalized spacial score (nSPS) is 17.9. The van der Waals surface area contributed by atoms with E-state index >= 15 is 0 Å². The summed E-state index contributed by atoms with van der Waals surface area (Å²) in [5, 5.41) is 0.729. The summed E-state index contributed by atoms with van der Waals surface area (Å²) < 4.78 is 11.1. The third-order valence-electron chi connectivity index (χ3n) is 5.94. The number of carbonyl (C=O) groups excluding carboxylic acids is 1. The molecule has 1 fully saturated rings. The maximum absolute atomic E-state index is 12.9. The zero-order valence-corrected chi connectivity index (χ0v) is 23.6. The Labute approximate surface area is 216 Å². The summed E-state index contributed by atoms with van der Waals surface area (Å²) in [5.41, 5.74) is 3.62. The van der Waals surface area contributed by atoms with Gasteiger partial charge in [0.2, 0.25) is 0 Å². The van der Waals surface area contributed by atoms with Crippen molar-refractivity contribution >= 4 is 29.2 Å². The van der Waals surface area contributed by atoms with Crippen molar-refractivity contribution < 1.29 is 14.3 Å². The summed E-state index contributed by atoms with van der Waals surface area (Å²) in [6, 6.07) is 5.76. The molecule has 1 aromatic carbocycles. The Balaban J connectivity index is 2.39. The van der Waals surface area contributed by atoms with Crippen LogP contribution in [0.4, 0.5) is 4.79 Å². The standard InChI is InChI=1S/C28H42ClN3O3/c1-18(2)15-20(4)26(23-12-11-19(3)24(29)16-23)30-22(6)31-13-14-32(25(17-31)21(5)34-10)27(33)35-28(7,8)9/h11-12,16,18,25H,5,13-15,17H2,1-4,6-10H3/b26-20+,30-22?. The molecule has 1 amide bonds. The van der Waals surface area contributed by atoms with E-state index in [1.54, 1.807) is 12.0 Å². The predicted molar refractivity (Wildman–Crippen MR) is 146 cm³/mol. The van der Waals surface area contributed by atoms with Gasteiger partial charge in [-0.1, -0.05) is 44.2 Å². The number of hydrogen-bond donors (Lipinski definition) is 0. The van der Waals surface area contributed by atoms with Crippen LogP contribution in [0.2, 0.25) is 5.02 Å². The second kappa shape index (κ2) is 12.0. The highest BCUT2D eigenvalue weighted by Gasteiger charge is 2.36. The first kappa shape index (κ1) is 28.8. The van der Waals surface area contributed by atoms with Crippen LogP contribution < -0.4 is 0 Å². The van der Waals surface area contributed by atoms with Crippen LogP contribution in [-0.4, -0.2) is 60.1 Å². The van der Waals surface area contributed by atoms with Crippen LogP contribution in [0.5, 0.6) is 0 Å². The lowest BCUT2D eigenvalue weighted by atomic mass is 9.99. The van der Waals surface area contributed by atoms with Gasteiger partial charge in [0.15, 0.2) is 0 Å². The highest BCUT2D eigenvalue weighted by atomic mass is 35.5. The number of carbonyl (C=O) groups is 1. The van der Waals surface area contributed by atoms with E-state index in [9.17, 15) is 4.79 Å². The summed E-state index contributed by atoms with van der Waals surface area (Å²) in [7, 11) is 1.58. The Kier molecular flexibility index (Phi) is 9.85. The van der Waals surface area contributed by atoms with Crippen molar-refractivity contribution in [3.63, 3.8) is 0 Å². The van der Waals surface area contributed by atoms with Gasteiger partial charge in [-0.25, -0.2) is 9.79 Å². The van der Waals surface area contributed by atoms with Gasteiger partial charge in [0, 0.05) is 30.2 Å². The highest BCUT2D eigenvalue weighted by molar-refractivity contribution is 6.31. The zero-order valence-electron chi connectivity index (χ0n) is 22.9. The number of halogens is 1. The Morgan fingerprint density at radius 2 is 1.91 bits per heavy atom. The molecule has 194 valence electrons. The maximum atomic E-state index is 12.9. The summed E-state index contributed by atoms with van der Waals surface area (Å²) >= 11 is 6.46. The minimum Gasteiger partial charge on any atom is -0.499 e. The van der Waals surface area contributed by atoms with Gasteiger partial charge in [0.05, 0.1) is 12.8 Å². The summed E-state index contributed by atoms with van der Waals surface area (Å²) in [6.07, 6.45) is 0.574. The Hall–Kier alpha value is -2.47. The Morgan fingerprint density at radius 1 is 1.26 bits per heavy atom. The molecule has 1 aliphatic rings. The van der Waals surface area contributed by atoms with E-state index in [1.807, 2.05) is 46.8 Å². The van der Waals surface area contributed by atoms with Gasteiger partial charge in [-0.15, -0.1) is 0 Å². The number of rotatable bonds is 6. The van der Waals surface area contributed by atoms with Crippen LogP contribution >= 0.6 is 11.6 Å². The second-order valence-corrected chi connectivity index (χ2v) is 11.1. The molecule has 7 heteroatoms. The number of methoxy groups -OCH3 is 1. The predicted octanol–water partition coefficient (Wildman–Crippen LogP) is 6.93. The zero-order chi connectivity index (χ0) is 26.5. The number of ether oxygens (including phenoxy) is 2. The number of amides is 1. The first-order chi connectivity index (χ1) is 16.2. The SMILES string of the molecule is C=C(OC)C1CN(C(C)=N/C(=C(\C)CC(C)C)c2ccc(C)c(Cl)c2)CCN1C(=O)OC(C)(C)C. The molecule has 0 spiro atoms. The first-order valence-electron chi connectivity index (χ1n) is 12.2. The Bertz CT molecular complexity index is 992. The molecule has 1 heterocycles. The van der Waals surface area contributed by atoms with Crippen molar-refractivity contribution in [3.8, 4) is 0 Å². The fourth-order valence-electron chi connectivity index (χ4n) is 4.12. The van der Waals surface area contributed by atoms with Crippen molar-refractivity contribution in [3.05, 3.63) is 52.3 Å². The minimum atomic E-state index is -0.576. The van der Waals surface area contributed by atoms with Crippen LogP contribution in [0.3, 0.4) is 0 Å². The van der Waals surface area contributed by atoms with Gasteiger partial charge in [-0.2, -0.15) is 0 Å². The molecule has 1 unspecified atom stereocenters. The Morgan fingerprint density at radius 3 is 2.46 bits per heavy atom. The van der Waals surface area contributed by atoms with E-state index in [0.29, 0.717) is 31.3 Å². The number of benzene rings is 1. The molecule has 1 aromatic rings. The van der Waals surface area contributed by atoms with E-state index in [4.69, 9.17) is 26.1 Å². The number of amidine groups is 1. The van der Waals surface area contributed by atoms with E-state index in [0.717, 1.165) is 34.1 Å².